The van der Waals surface area contributed by atoms with E-state index >= 15 is 0 Å². The molecule has 0 spiro atoms. The average molecular weight is 289 g/mol. The minimum Gasteiger partial charge on any atom is -0.382 e. The van der Waals surface area contributed by atoms with Crippen LogP contribution in [-0.2, 0) is 4.79 Å². The van der Waals surface area contributed by atoms with E-state index in [9.17, 15) is 4.79 Å². The monoisotopic (exact) mass is 289 g/mol. The maximum atomic E-state index is 11.5. The van der Waals surface area contributed by atoms with Crippen LogP contribution in [0.15, 0.2) is 24.3 Å². The van der Waals surface area contributed by atoms with Crippen LogP contribution in [-0.4, -0.2) is 36.5 Å². The number of nitrogens with one attached hydrogen (secondary N) is 2. The van der Waals surface area contributed by atoms with E-state index in [1.54, 1.807) is 0 Å². The molecule has 1 heterocycles. The fourth-order valence-electron chi connectivity index (χ4n) is 2.89. The fraction of sp³-hybridized carbons (Fsp3) is 0.588. The van der Waals surface area contributed by atoms with Gasteiger partial charge in [0.15, 0.2) is 0 Å². The number of hydrogen-bond donors (Lipinski definition) is 2. The second-order valence-corrected chi connectivity index (χ2v) is 6.23. The van der Waals surface area contributed by atoms with Crippen molar-refractivity contribution in [2.24, 2.45) is 5.92 Å². The third-order valence-corrected chi connectivity index (χ3v) is 4.43. The van der Waals surface area contributed by atoms with Crippen LogP contribution >= 0.6 is 0 Å². The zero-order valence-electron chi connectivity index (χ0n) is 13.5. The van der Waals surface area contributed by atoms with Crippen molar-refractivity contribution in [3.8, 4) is 0 Å². The summed E-state index contributed by atoms with van der Waals surface area (Å²) in [6.45, 7) is 7.55. The van der Waals surface area contributed by atoms with E-state index in [1.807, 2.05) is 25.1 Å². The van der Waals surface area contributed by atoms with Gasteiger partial charge in [-0.05, 0) is 44.5 Å². The number of carbonyl (C=O) groups is 1. The van der Waals surface area contributed by atoms with Gasteiger partial charge in [0.05, 0.1) is 0 Å². The summed E-state index contributed by atoms with van der Waals surface area (Å²) < 4.78 is 0. The first kappa shape index (κ1) is 15.8. The van der Waals surface area contributed by atoms with E-state index < -0.39 is 0 Å². The van der Waals surface area contributed by atoms with Crippen molar-refractivity contribution in [2.45, 2.75) is 45.7 Å². The van der Waals surface area contributed by atoms with Crippen LogP contribution < -0.4 is 10.6 Å². The SMILES string of the molecule is CCC(=O)Nc1cccc(NC2CC(C)N(C)CC2C)c1. The topological polar surface area (TPSA) is 44.4 Å². The molecule has 1 aromatic carbocycles. The highest BCUT2D eigenvalue weighted by molar-refractivity contribution is 5.90. The van der Waals surface area contributed by atoms with Crippen LogP contribution in [0.4, 0.5) is 11.4 Å². The maximum absolute atomic E-state index is 11.5. The fourth-order valence-corrected chi connectivity index (χ4v) is 2.89. The molecule has 1 aliphatic rings. The number of piperidine rings is 1. The highest BCUT2D eigenvalue weighted by Crippen LogP contribution is 2.25. The predicted molar refractivity (Wildman–Crippen MR) is 88.6 cm³/mol. The number of rotatable bonds is 4. The number of benzene rings is 1. The standard InChI is InChI=1S/C17H27N3O/c1-5-17(21)19-15-8-6-7-14(10-15)18-16-9-13(3)20(4)11-12(16)2/h6-8,10,12-13,16,18H,5,9,11H2,1-4H3,(H,19,21). The first-order valence-corrected chi connectivity index (χ1v) is 7.86. The van der Waals surface area contributed by atoms with E-state index in [-0.39, 0.29) is 5.91 Å². The molecule has 2 rings (SSSR count). The number of hydrogen-bond acceptors (Lipinski definition) is 3. The molecule has 4 nitrogen and oxygen atoms in total. The summed E-state index contributed by atoms with van der Waals surface area (Å²) in [5.41, 5.74) is 1.94. The first-order chi connectivity index (χ1) is 9.99. The smallest absolute Gasteiger partial charge is 0.224 e. The lowest BCUT2D eigenvalue weighted by molar-refractivity contribution is -0.115. The molecule has 0 aliphatic carbocycles. The Morgan fingerprint density at radius 3 is 2.76 bits per heavy atom. The lowest BCUT2D eigenvalue weighted by Gasteiger charge is -2.40. The maximum Gasteiger partial charge on any atom is 0.224 e. The van der Waals surface area contributed by atoms with Gasteiger partial charge in [-0.1, -0.05) is 19.9 Å². The minimum atomic E-state index is 0.0495. The summed E-state index contributed by atoms with van der Waals surface area (Å²) in [5.74, 6) is 0.661. The molecule has 21 heavy (non-hydrogen) atoms. The molecule has 0 saturated carbocycles. The molecule has 3 unspecified atom stereocenters. The zero-order chi connectivity index (χ0) is 15.4. The molecule has 1 saturated heterocycles. The van der Waals surface area contributed by atoms with Gasteiger partial charge < -0.3 is 15.5 Å². The average Bonchev–Trinajstić information content (AvgIpc) is 2.45. The molecular weight excluding hydrogens is 262 g/mol. The Morgan fingerprint density at radius 1 is 1.33 bits per heavy atom. The van der Waals surface area contributed by atoms with Crippen LogP contribution in [0.1, 0.15) is 33.6 Å². The van der Waals surface area contributed by atoms with E-state index in [4.69, 9.17) is 0 Å². The van der Waals surface area contributed by atoms with Crippen molar-refractivity contribution in [3.05, 3.63) is 24.3 Å². The van der Waals surface area contributed by atoms with Gasteiger partial charge in [0.25, 0.3) is 0 Å². The van der Waals surface area contributed by atoms with Gasteiger partial charge in [0.2, 0.25) is 5.91 Å². The molecule has 1 aliphatic heterocycles. The highest BCUT2D eigenvalue weighted by Gasteiger charge is 2.28. The Balaban J connectivity index is 2.02. The van der Waals surface area contributed by atoms with E-state index in [1.165, 1.54) is 0 Å². The van der Waals surface area contributed by atoms with Gasteiger partial charge in [-0.25, -0.2) is 0 Å². The highest BCUT2D eigenvalue weighted by atomic mass is 16.1. The van der Waals surface area contributed by atoms with E-state index in [0.717, 1.165) is 24.3 Å². The summed E-state index contributed by atoms with van der Waals surface area (Å²) in [6.07, 6.45) is 1.64. The molecule has 1 aromatic rings. The Labute approximate surface area is 127 Å². The molecule has 1 amide bonds. The summed E-state index contributed by atoms with van der Waals surface area (Å²) in [6, 6.07) is 9.08. The number of anilines is 2. The number of carbonyl (C=O) groups excluding carboxylic acids is 1. The van der Waals surface area contributed by atoms with Crippen LogP contribution in [0.25, 0.3) is 0 Å². The Morgan fingerprint density at radius 2 is 2.05 bits per heavy atom. The summed E-state index contributed by atoms with van der Waals surface area (Å²) >= 11 is 0. The van der Waals surface area contributed by atoms with Crippen molar-refractivity contribution in [3.63, 3.8) is 0 Å². The Kier molecular flexibility index (Phi) is 5.23. The van der Waals surface area contributed by atoms with Crippen LogP contribution in [0.3, 0.4) is 0 Å². The molecule has 0 radical (unpaired) electrons. The normalized spacial score (nSPS) is 26.4. The quantitative estimate of drug-likeness (QED) is 0.895. The van der Waals surface area contributed by atoms with Crippen molar-refractivity contribution in [2.75, 3.05) is 24.2 Å². The third kappa shape index (κ3) is 4.21. The van der Waals surface area contributed by atoms with Crippen molar-refractivity contribution in [1.82, 2.24) is 4.90 Å². The largest absolute Gasteiger partial charge is 0.382 e. The van der Waals surface area contributed by atoms with Crippen molar-refractivity contribution in [1.29, 1.82) is 0 Å². The molecule has 0 aromatic heterocycles. The molecule has 116 valence electrons. The van der Waals surface area contributed by atoms with E-state index in [0.29, 0.717) is 24.4 Å². The Bertz CT molecular complexity index is 489. The lowest BCUT2D eigenvalue weighted by Crippen LogP contribution is -2.48. The summed E-state index contributed by atoms with van der Waals surface area (Å²) in [5, 5.41) is 6.54. The van der Waals surface area contributed by atoms with Crippen molar-refractivity contribution >= 4 is 17.3 Å². The van der Waals surface area contributed by atoms with Gasteiger partial charge in [-0.3, -0.25) is 4.79 Å². The van der Waals surface area contributed by atoms with Crippen LogP contribution in [0, 0.1) is 5.92 Å². The van der Waals surface area contributed by atoms with Gasteiger partial charge in [-0.2, -0.15) is 0 Å². The molecule has 2 N–H and O–H groups in total. The van der Waals surface area contributed by atoms with Crippen molar-refractivity contribution < 1.29 is 4.79 Å². The predicted octanol–water partition coefficient (Wildman–Crippen LogP) is 3.18. The third-order valence-electron chi connectivity index (χ3n) is 4.43. The second kappa shape index (κ2) is 6.94. The number of likely N-dealkylation sites (tertiary alicyclic amines) is 1. The van der Waals surface area contributed by atoms with Gasteiger partial charge >= 0.3 is 0 Å². The van der Waals surface area contributed by atoms with Crippen LogP contribution in [0.5, 0.6) is 0 Å². The molecule has 3 atom stereocenters. The Hall–Kier alpha value is -1.55. The van der Waals surface area contributed by atoms with E-state index in [2.05, 4.69) is 42.5 Å². The molecule has 0 bridgehead atoms. The molecule has 4 heteroatoms. The number of nitrogens with zero attached hydrogens (tertiary/aromatic N) is 1. The zero-order valence-corrected chi connectivity index (χ0v) is 13.5. The summed E-state index contributed by atoms with van der Waals surface area (Å²) in [7, 11) is 2.19. The molecule has 1 fully saturated rings. The first-order valence-electron chi connectivity index (χ1n) is 7.86. The van der Waals surface area contributed by atoms with Gasteiger partial charge in [0, 0.05) is 36.4 Å². The van der Waals surface area contributed by atoms with Gasteiger partial charge in [-0.15, -0.1) is 0 Å². The second-order valence-electron chi connectivity index (χ2n) is 6.23. The summed E-state index contributed by atoms with van der Waals surface area (Å²) in [4.78, 5) is 13.9. The van der Waals surface area contributed by atoms with Gasteiger partial charge in [0.1, 0.15) is 0 Å². The molecular formula is C17H27N3O. The van der Waals surface area contributed by atoms with Crippen LogP contribution in [0.2, 0.25) is 0 Å². The minimum absolute atomic E-state index is 0.0495. The lowest BCUT2D eigenvalue weighted by atomic mass is 9.89. The number of amides is 1.